The lowest BCUT2D eigenvalue weighted by Crippen LogP contribution is -2.55. The molecule has 0 spiro atoms. The maximum absolute atomic E-state index is 12.5. The van der Waals surface area contributed by atoms with E-state index in [1.165, 1.54) is 0 Å². The summed E-state index contributed by atoms with van der Waals surface area (Å²) < 4.78 is 17.3. The molecule has 1 aromatic carbocycles. The fraction of sp³-hybridized carbons (Fsp3) is 0.611. The van der Waals surface area contributed by atoms with Crippen LogP contribution < -0.4 is 14.8 Å². The maximum atomic E-state index is 12.5. The molecule has 3 rings (SSSR count). The van der Waals surface area contributed by atoms with Gasteiger partial charge in [-0.05, 0) is 32.9 Å². The zero-order valence-corrected chi connectivity index (χ0v) is 14.5. The third-order valence-corrected chi connectivity index (χ3v) is 4.45. The molecular formula is C18H26N2O4. The Hall–Kier alpha value is -1.79. The summed E-state index contributed by atoms with van der Waals surface area (Å²) in [5.74, 6) is 1.50. The lowest BCUT2D eigenvalue weighted by atomic mass is 10.1. The molecule has 6 nitrogen and oxygen atoms in total. The van der Waals surface area contributed by atoms with Crippen molar-refractivity contribution in [3.63, 3.8) is 0 Å². The molecule has 24 heavy (non-hydrogen) atoms. The van der Waals surface area contributed by atoms with E-state index in [0.717, 1.165) is 24.6 Å². The largest absolute Gasteiger partial charge is 0.486 e. The standard InChI is InChI=1S/C18H26N2O4/c1-12-9-20(10-13(2)23-12)14(3)18(21)19-8-15-11-22-16-6-4-5-7-17(16)24-15/h4-7,12-15H,8-11H2,1-3H3,(H,19,21). The number of fused-ring (bicyclic) bond motifs is 1. The van der Waals surface area contributed by atoms with Crippen molar-refractivity contribution in [3.05, 3.63) is 24.3 Å². The number of amides is 1. The van der Waals surface area contributed by atoms with Crippen LogP contribution in [0.15, 0.2) is 24.3 Å². The van der Waals surface area contributed by atoms with Crippen molar-refractivity contribution in [2.45, 2.75) is 45.1 Å². The molecule has 2 heterocycles. The van der Waals surface area contributed by atoms with Crippen LogP contribution in [0.4, 0.5) is 0 Å². The van der Waals surface area contributed by atoms with Crippen LogP contribution in [-0.4, -0.2) is 61.4 Å². The number of hydrogen-bond acceptors (Lipinski definition) is 5. The van der Waals surface area contributed by atoms with E-state index in [1.807, 2.05) is 45.0 Å². The molecule has 0 aliphatic carbocycles. The minimum atomic E-state index is -0.185. The number of ether oxygens (including phenoxy) is 3. The zero-order valence-electron chi connectivity index (χ0n) is 14.5. The first-order valence-electron chi connectivity index (χ1n) is 8.58. The molecule has 4 atom stereocenters. The van der Waals surface area contributed by atoms with Gasteiger partial charge in [-0.3, -0.25) is 9.69 Å². The SMILES string of the molecule is CC1CN(C(C)C(=O)NCC2COc3ccccc3O2)CC(C)O1. The molecule has 0 aromatic heterocycles. The average molecular weight is 334 g/mol. The Morgan fingerprint density at radius 1 is 1.25 bits per heavy atom. The van der Waals surface area contributed by atoms with Gasteiger partial charge in [-0.25, -0.2) is 0 Å². The van der Waals surface area contributed by atoms with E-state index in [0.29, 0.717) is 13.2 Å². The van der Waals surface area contributed by atoms with Crippen LogP contribution >= 0.6 is 0 Å². The molecule has 2 aliphatic heterocycles. The van der Waals surface area contributed by atoms with Crippen LogP contribution in [0.2, 0.25) is 0 Å². The van der Waals surface area contributed by atoms with E-state index in [2.05, 4.69) is 10.2 Å². The Morgan fingerprint density at radius 3 is 2.62 bits per heavy atom. The van der Waals surface area contributed by atoms with Crippen LogP contribution in [-0.2, 0) is 9.53 Å². The fourth-order valence-electron chi connectivity index (χ4n) is 3.23. The number of nitrogens with zero attached hydrogens (tertiary/aromatic N) is 1. The molecule has 1 saturated heterocycles. The number of carbonyl (C=O) groups is 1. The topological polar surface area (TPSA) is 60.0 Å². The molecule has 1 aromatic rings. The van der Waals surface area contributed by atoms with Gasteiger partial charge in [0, 0.05) is 13.1 Å². The summed E-state index contributed by atoms with van der Waals surface area (Å²) in [5.41, 5.74) is 0. The highest BCUT2D eigenvalue weighted by Crippen LogP contribution is 2.30. The van der Waals surface area contributed by atoms with Crippen LogP contribution in [0.3, 0.4) is 0 Å². The second kappa shape index (κ2) is 7.40. The van der Waals surface area contributed by atoms with Gasteiger partial charge in [0.15, 0.2) is 11.5 Å². The van der Waals surface area contributed by atoms with Crippen molar-refractivity contribution in [3.8, 4) is 11.5 Å². The molecule has 0 radical (unpaired) electrons. The molecule has 6 heteroatoms. The highest BCUT2D eigenvalue weighted by Gasteiger charge is 2.30. The van der Waals surface area contributed by atoms with E-state index in [1.54, 1.807) is 0 Å². The van der Waals surface area contributed by atoms with Crippen LogP contribution in [0.25, 0.3) is 0 Å². The van der Waals surface area contributed by atoms with Gasteiger partial charge < -0.3 is 19.5 Å². The molecule has 0 bridgehead atoms. The van der Waals surface area contributed by atoms with E-state index in [4.69, 9.17) is 14.2 Å². The number of rotatable bonds is 4. The number of nitrogens with one attached hydrogen (secondary N) is 1. The number of hydrogen-bond donors (Lipinski definition) is 1. The molecule has 1 amide bonds. The van der Waals surface area contributed by atoms with Gasteiger partial charge >= 0.3 is 0 Å². The number of morpholine rings is 1. The Balaban J connectivity index is 1.49. The van der Waals surface area contributed by atoms with Crippen molar-refractivity contribution in [2.24, 2.45) is 0 Å². The van der Waals surface area contributed by atoms with Gasteiger partial charge in [-0.15, -0.1) is 0 Å². The fourth-order valence-corrected chi connectivity index (χ4v) is 3.23. The summed E-state index contributed by atoms with van der Waals surface area (Å²) in [4.78, 5) is 14.6. The monoisotopic (exact) mass is 334 g/mol. The number of carbonyl (C=O) groups excluding carboxylic acids is 1. The molecule has 4 unspecified atom stereocenters. The first-order chi connectivity index (χ1) is 11.5. The predicted molar refractivity (Wildman–Crippen MR) is 90.4 cm³/mol. The molecule has 132 valence electrons. The normalized spacial score (nSPS) is 28.2. The highest BCUT2D eigenvalue weighted by molar-refractivity contribution is 5.81. The molecule has 2 aliphatic rings. The number of para-hydroxylation sites is 2. The average Bonchev–Trinajstić information content (AvgIpc) is 2.58. The van der Waals surface area contributed by atoms with Crippen molar-refractivity contribution >= 4 is 5.91 Å². The molecule has 0 saturated carbocycles. The lowest BCUT2D eigenvalue weighted by Gasteiger charge is -2.38. The van der Waals surface area contributed by atoms with E-state index < -0.39 is 0 Å². The smallest absolute Gasteiger partial charge is 0.237 e. The minimum absolute atomic E-state index is 0.0127. The Bertz CT molecular complexity index is 570. The van der Waals surface area contributed by atoms with Gasteiger partial charge in [0.1, 0.15) is 12.7 Å². The van der Waals surface area contributed by atoms with Gasteiger partial charge in [-0.2, -0.15) is 0 Å². The first-order valence-corrected chi connectivity index (χ1v) is 8.58. The number of benzene rings is 1. The summed E-state index contributed by atoms with van der Waals surface area (Å²) in [6.45, 7) is 8.44. The molecule has 1 fully saturated rings. The van der Waals surface area contributed by atoms with E-state index in [-0.39, 0.29) is 30.3 Å². The summed E-state index contributed by atoms with van der Waals surface area (Å²) in [5, 5.41) is 2.98. The van der Waals surface area contributed by atoms with Crippen LogP contribution in [0.1, 0.15) is 20.8 Å². The van der Waals surface area contributed by atoms with Gasteiger partial charge in [0.2, 0.25) is 5.91 Å². The Morgan fingerprint density at radius 2 is 1.92 bits per heavy atom. The van der Waals surface area contributed by atoms with E-state index in [9.17, 15) is 4.79 Å². The third kappa shape index (κ3) is 3.99. The van der Waals surface area contributed by atoms with Crippen LogP contribution in [0.5, 0.6) is 11.5 Å². The van der Waals surface area contributed by atoms with Crippen molar-refractivity contribution in [1.29, 1.82) is 0 Å². The minimum Gasteiger partial charge on any atom is -0.486 e. The van der Waals surface area contributed by atoms with Crippen molar-refractivity contribution in [2.75, 3.05) is 26.2 Å². The third-order valence-electron chi connectivity index (χ3n) is 4.45. The van der Waals surface area contributed by atoms with E-state index >= 15 is 0 Å². The van der Waals surface area contributed by atoms with Crippen molar-refractivity contribution in [1.82, 2.24) is 10.2 Å². The molecular weight excluding hydrogens is 308 g/mol. The quantitative estimate of drug-likeness (QED) is 0.903. The summed E-state index contributed by atoms with van der Waals surface area (Å²) in [6, 6.07) is 7.40. The second-order valence-corrected chi connectivity index (χ2v) is 6.63. The molecule has 1 N–H and O–H groups in total. The van der Waals surface area contributed by atoms with Crippen molar-refractivity contribution < 1.29 is 19.0 Å². The summed E-state index contributed by atoms with van der Waals surface area (Å²) in [6.07, 6.45) is 0.129. The summed E-state index contributed by atoms with van der Waals surface area (Å²) in [7, 11) is 0. The Kier molecular flexibility index (Phi) is 5.26. The maximum Gasteiger partial charge on any atom is 0.237 e. The first kappa shape index (κ1) is 17.0. The zero-order chi connectivity index (χ0) is 17.1. The van der Waals surface area contributed by atoms with Gasteiger partial charge in [0.05, 0.1) is 24.8 Å². The second-order valence-electron chi connectivity index (χ2n) is 6.63. The van der Waals surface area contributed by atoms with Gasteiger partial charge in [0.25, 0.3) is 0 Å². The highest BCUT2D eigenvalue weighted by atomic mass is 16.6. The predicted octanol–water partition coefficient (Wildman–Crippen LogP) is 1.44. The Labute approximate surface area is 143 Å². The lowest BCUT2D eigenvalue weighted by molar-refractivity contribution is -0.132. The summed E-state index contributed by atoms with van der Waals surface area (Å²) >= 11 is 0. The van der Waals surface area contributed by atoms with Gasteiger partial charge in [-0.1, -0.05) is 12.1 Å². The van der Waals surface area contributed by atoms with Crippen LogP contribution in [0, 0.1) is 0 Å².